The van der Waals surface area contributed by atoms with Crippen molar-refractivity contribution in [1.29, 1.82) is 0 Å². The van der Waals surface area contributed by atoms with Crippen molar-refractivity contribution in [3.05, 3.63) is 24.3 Å². The highest BCUT2D eigenvalue weighted by atomic mass is 16.7. The lowest BCUT2D eigenvalue weighted by Crippen LogP contribution is -2.49. The van der Waals surface area contributed by atoms with Gasteiger partial charge in [0, 0.05) is 31.9 Å². The Morgan fingerprint density at radius 1 is 1.21 bits per heavy atom. The topological polar surface area (TPSA) is 75.6 Å². The van der Waals surface area contributed by atoms with Gasteiger partial charge in [-0.2, -0.15) is 0 Å². The fraction of sp³-hybridized carbons (Fsp3) is 0.500. The number of carbonyl (C=O) groups excluding carboxylic acids is 2. The van der Waals surface area contributed by atoms with Gasteiger partial charge in [-0.15, -0.1) is 5.06 Å². The minimum atomic E-state index is -0.573. The molecule has 1 aromatic rings. The van der Waals surface area contributed by atoms with Crippen LogP contribution in [0.2, 0.25) is 0 Å². The Kier molecular flexibility index (Phi) is 4.40. The van der Waals surface area contributed by atoms with Gasteiger partial charge in [-0.1, -0.05) is 6.92 Å². The van der Waals surface area contributed by atoms with Gasteiger partial charge in [-0.3, -0.25) is 4.79 Å². The van der Waals surface area contributed by atoms with Crippen LogP contribution in [0.15, 0.2) is 18.5 Å². The lowest BCUT2D eigenvalue weighted by Gasteiger charge is -2.32. The summed E-state index contributed by atoms with van der Waals surface area (Å²) in [6, 6.07) is 1.63. The number of rotatable bonds is 3. The number of hydrogen-bond acceptors (Lipinski definition) is 6. The molecule has 0 spiro atoms. The molecule has 0 bridgehead atoms. The maximum Gasteiger partial charge on any atom is 0.395 e. The first kappa shape index (κ1) is 13.4. The van der Waals surface area contributed by atoms with Crippen LogP contribution in [0.3, 0.4) is 0 Å². The first-order valence-electron chi connectivity index (χ1n) is 6.22. The molecule has 1 fully saturated rings. The molecular weight excluding hydrogens is 248 g/mol. The van der Waals surface area contributed by atoms with Crippen LogP contribution in [0, 0.1) is 0 Å². The van der Waals surface area contributed by atoms with E-state index >= 15 is 0 Å². The number of nitrogens with zero attached hydrogens (tertiary/aromatic N) is 4. The van der Waals surface area contributed by atoms with E-state index in [1.807, 2.05) is 6.92 Å². The maximum absolute atomic E-state index is 11.7. The smallest absolute Gasteiger partial charge is 0.361 e. The third kappa shape index (κ3) is 3.47. The summed E-state index contributed by atoms with van der Waals surface area (Å²) in [6.45, 7) is 3.97. The van der Waals surface area contributed by atoms with E-state index in [0.29, 0.717) is 32.6 Å². The molecule has 102 valence electrons. The monoisotopic (exact) mass is 264 g/mol. The van der Waals surface area contributed by atoms with E-state index in [4.69, 9.17) is 4.84 Å². The van der Waals surface area contributed by atoms with Gasteiger partial charge < -0.3 is 9.74 Å². The molecule has 0 aromatic carbocycles. The largest absolute Gasteiger partial charge is 0.395 e. The Labute approximate surface area is 111 Å². The molecule has 1 aliphatic rings. The molecule has 0 saturated carbocycles. The Morgan fingerprint density at radius 2 is 1.84 bits per heavy atom. The molecule has 1 amide bonds. The molecule has 0 radical (unpaired) electrons. The van der Waals surface area contributed by atoms with E-state index < -0.39 is 5.97 Å². The third-order valence-corrected chi connectivity index (χ3v) is 2.85. The number of hydrogen-bond donors (Lipinski definition) is 0. The van der Waals surface area contributed by atoms with Crippen LogP contribution in [0.4, 0.5) is 0 Å². The first-order valence-corrected chi connectivity index (χ1v) is 6.22. The average molecular weight is 264 g/mol. The summed E-state index contributed by atoms with van der Waals surface area (Å²) in [6.07, 6.45) is 3.47. The van der Waals surface area contributed by atoms with Crippen molar-refractivity contribution in [3.63, 3.8) is 0 Å². The second-order valence-corrected chi connectivity index (χ2v) is 4.11. The van der Waals surface area contributed by atoms with Crippen LogP contribution in [-0.4, -0.2) is 58.0 Å². The van der Waals surface area contributed by atoms with Gasteiger partial charge in [0.05, 0.1) is 13.1 Å². The second-order valence-electron chi connectivity index (χ2n) is 4.11. The van der Waals surface area contributed by atoms with E-state index in [1.54, 1.807) is 11.0 Å². The fourth-order valence-corrected chi connectivity index (χ4v) is 1.81. The molecule has 2 rings (SSSR count). The first-order chi connectivity index (χ1) is 9.20. The summed E-state index contributed by atoms with van der Waals surface area (Å²) < 4.78 is 0. The molecule has 0 unspecified atom stereocenters. The minimum Gasteiger partial charge on any atom is -0.361 e. The van der Waals surface area contributed by atoms with E-state index in [-0.39, 0.29) is 11.7 Å². The Hall–Kier alpha value is -2.02. The number of aromatic nitrogens is 2. The van der Waals surface area contributed by atoms with Crippen molar-refractivity contribution >= 4 is 11.9 Å². The van der Waals surface area contributed by atoms with E-state index in [0.717, 1.165) is 0 Å². The van der Waals surface area contributed by atoms with Gasteiger partial charge in [0.25, 0.3) is 0 Å². The number of carbonyl (C=O) groups is 2. The molecule has 1 aromatic heterocycles. The summed E-state index contributed by atoms with van der Waals surface area (Å²) in [5.41, 5.74) is 0. The summed E-state index contributed by atoms with van der Waals surface area (Å²) >= 11 is 0. The molecule has 7 heteroatoms. The van der Waals surface area contributed by atoms with Crippen molar-refractivity contribution in [1.82, 2.24) is 19.9 Å². The zero-order chi connectivity index (χ0) is 13.7. The van der Waals surface area contributed by atoms with Crippen molar-refractivity contribution in [2.24, 2.45) is 0 Å². The summed E-state index contributed by atoms with van der Waals surface area (Å²) in [7, 11) is 0. The Bertz CT molecular complexity index is 444. The molecule has 0 aliphatic carbocycles. The highest BCUT2D eigenvalue weighted by molar-refractivity contribution is 5.84. The standard InChI is InChI=1S/C12H16N4O3/c1-2-10(17)15-6-8-16(9-7-15)19-12(18)11-13-4-3-5-14-11/h3-5H,2,6-9H2,1H3. The highest BCUT2D eigenvalue weighted by Gasteiger charge is 2.23. The molecule has 2 heterocycles. The lowest BCUT2D eigenvalue weighted by atomic mass is 10.3. The summed E-state index contributed by atoms with van der Waals surface area (Å²) in [5.74, 6) is -0.414. The van der Waals surface area contributed by atoms with Crippen LogP contribution in [0.5, 0.6) is 0 Å². The van der Waals surface area contributed by atoms with Gasteiger partial charge in [0.15, 0.2) is 0 Å². The van der Waals surface area contributed by atoms with Gasteiger partial charge in [0.1, 0.15) is 0 Å². The van der Waals surface area contributed by atoms with Crippen molar-refractivity contribution < 1.29 is 14.4 Å². The van der Waals surface area contributed by atoms with Gasteiger partial charge in [-0.25, -0.2) is 14.8 Å². The van der Waals surface area contributed by atoms with Gasteiger partial charge >= 0.3 is 5.97 Å². The van der Waals surface area contributed by atoms with Gasteiger partial charge in [-0.05, 0) is 6.07 Å². The lowest BCUT2D eigenvalue weighted by molar-refractivity contribution is -0.148. The number of hydroxylamine groups is 2. The van der Waals surface area contributed by atoms with E-state index in [2.05, 4.69) is 9.97 Å². The summed E-state index contributed by atoms with van der Waals surface area (Å²) in [5, 5.41) is 1.54. The maximum atomic E-state index is 11.7. The number of piperazine rings is 1. The quantitative estimate of drug-likeness (QED) is 0.771. The zero-order valence-corrected chi connectivity index (χ0v) is 10.8. The predicted octanol–water partition coefficient (Wildman–Crippen LogP) is 0.103. The molecular formula is C12H16N4O3. The average Bonchev–Trinajstić information content (AvgIpc) is 2.48. The third-order valence-electron chi connectivity index (χ3n) is 2.85. The van der Waals surface area contributed by atoms with Crippen LogP contribution >= 0.6 is 0 Å². The SMILES string of the molecule is CCC(=O)N1CCN(OC(=O)c2ncccn2)CC1. The highest BCUT2D eigenvalue weighted by Crippen LogP contribution is 2.05. The van der Waals surface area contributed by atoms with Crippen molar-refractivity contribution in [2.75, 3.05) is 26.2 Å². The second kappa shape index (κ2) is 6.24. The Balaban J connectivity index is 1.83. The molecule has 0 N–H and O–H groups in total. The van der Waals surface area contributed by atoms with E-state index in [9.17, 15) is 9.59 Å². The molecule has 0 atom stereocenters. The minimum absolute atomic E-state index is 0.0366. The van der Waals surface area contributed by atoms with Gasteiger partial charge in [0.2, 0.25) is 11.7 Å². The van der Waals surface area contributed by atoms with Crippen molar-refractivity contribution in [3.8, 4) is 0 Å². The predicted molar refractivity (Wildman–Crippen MR) is 65.9 cm³/mol. The molecule has 19 heavy (non-hydrogen) atoms. The summed E-state index contributed by atoms with van der Waals surface area (Å²) in [4.78, 5) is 37.8. The van der Waals surface area contributed by atoms with Crippen molar-refractivity contribution in [2.45, 2.75) is 13.3 Å². The normalized spacial score (nSPS) is 16.2. The zero-order valence-electron chi connectivity index (χ0n) is 10.8. The molecule has 7 nitrogen and oxygen atoms in total. The fourth-order valence-electron chi connectivity index (χ4n) is 1.81. The van der Waals surface area contributed by atoms with Crippen LogP contribution in [0.25, 0.3) is 0 Å². The van der Waals surface area contributed by atoms with Crippen LogP contribution < -0.4 is 0 Å². The molecule has 1 aliphatic heterocycles. The number of amides is 1. The van der Waals surface area contributed by atoms with Crippen LogP contribution in [-0.2, 0) is 9.63 Å². The van der Waals surface area contributed by atoms with E-state index in [1.165, 1.54) is 17.5 Å². The molecule has 1 saturated heterocycles. The Morgan fingerprint density at radius 3 is 2.42 bits per heavy atom. The van der Waals surface area contributed by atoms with Crippen LogP contribution in [0.1, 0.15) is 24.0 Å².